The Bertz CT molecular complexity index is 3220. The van der Waals surface area contributed by atoms with Crippen molar-refractivity contribution in [3.8, 4) is 22.3 Å². The fourth-order valence-electron chi connectivity index (χ4n) is 12.4. The van der Waals surface area contributed by atoms with E-state index in [-0.39, 0.29) is 23.0 Å². The quantitative estimate of drug-likeness (QED) is 0.159. The van der Waals surface area contributed by atoms with E-state index >= 15 is 4.79 Å². The van der Waals surface area contributed by atoms with Crippen LogP contribution in [0.3, 0.4) is 0 Å². The van der Waals surface area contributed by atoms with Crippen LogP contribution in [0.25, 0.3) is 60.3 Å². The lowest BCUT2D eigenvalue weighted by Crippen LogP contribution is -2.19. The summed E-state index contributed by atoms with van der Waals surface area (Å²) in [6, 6.07) is 38.1. The van der Waals surface area contributed by atoms with Crippen molar-refractivity contribution in [2.45, 2.75) is 56.8 Å². The third-order valence-electron chi connectivity index (χ3n) is 14.4. The van der Waals surface area contributed by atoms with Crippen LogP contribution in [0.4, 0.5) is 0 Å². The minimum Gasteiger partial charge on any atom is -0.306 e. The van der Waals surface area contributed by atoms with E-state index in [1.165, 1.54) is 94.0 Å². The minimum absolute atomic E-state index is 0.0116. The Kier molecular flexibility index (Phi) is 4.83. The summed E-state index contributed by atoms with van der Waals surface area (Å²) in [5, 5.41) is 5.40. The first-order valence-electron chi connectivity index (χ1n) is 19.7. The molecule has 3 nitrogen and oxygen atoms in total. The summed E-state index contributed by atoms with van der Waals surface area (Å²) < 4.78 is 2.53. The molecule has 0 spiro atoms. The van der Waals surface area contributed by atoms with E-state index in [9.17, 15) is 0 Å². The molecule has 0 saturated heterocycles. The second-order valence-corrected chi connectivity index (χ2v) is 17.1. The second-order valence-electron chi connectivity index (χ2n) is 17.1. The standard InChI is InChI=1S/C51H34N2O/c1-51(2)37-17-8-7-16-31(37)46-47-39(24-52-50(46)51)53-38-23-35-34(41-27-12-3-5-14-29(27)44(49(35)54)30-15-6-4-13-28(30)41)22-36(38)43-32-20-18-25-10-9-11-26-19-21-33(42(32)40(25)26)45(47)48(43)53/h3-17,22-24,41,44H,18-21H2,1-2H3. The van der Waals surface area contributed by atoms with Crippen molar-refractivity contribution in [1.29, 1.82) is 0 Å². The molecule has 0 radical (unpaired) electrons. The number of carbonyl (C=O) groups is 1. The lowest BCUT2D eigenvalue weighted by atomic mass is 9.72. The van der Waals surface area contributed by atoms with Gasteiger partial charge in [-0.05, 0) is 110 Å². The smallest absolute Gasteiger partial charge is 0.175 e. The van der Waals surface area contributed by atoms with Gasteiger partial charge < -0.3 is 4.40 Å². The molecule has 0 saturated carbocycles. The van der Waals surface area contributed by atoms with Crippen molar-refractivity contribution in [2.24, 2.45) is 0 Å². The first kappa shape index (κ1) is 28.4. The molecule has 0 unspecified atom stereocenters. The van der Waals surface area contributed by atoms with Gasteiger partial charge in [-0.25, -0.2) is 0 Å². The third-order valence-corrected chi connectivity index (χ3v) is 14.4. The van der Waals surface area contributed by atoms with E-state index in [0.29, 0.717) is 0 Å². The summed E-state index contributed by atoms with van der Waals surface area (Å²) in [5.74, 6) is -0.0759. The topological polar surface area (TPSA) is 34.4 Å². The molecule has 0 amide bonds. The SMILES string of the molecule is CC1(C)c2ccccc2-c2c1ncc1c2c2c3c4c(c5c6cc7c(cc6n1c52)C(=O)C1c2ccccc2C7c2ccccc21)CCc1cccc(c1-4)CC3. The number of Topliss-reactive ketones (excluding diaryl/α,β-unsaturated/α-hetero) is 1. The molecular weight excluding hydrogens is 657 g/mol. The van der Waals surface area contributed by atoms with Crippen LogP contribution in [-0.4, -0.2) is 15.2 Å². The Morgan fingerprint density at radius 3 is 1.96 bits per heavy atom. The maximum atomic E-state index is 15.2. The highest BCUT2D eigenvalue weighted by Gasteiger charge is 2.44. The van der Waals surface area contributed by atoms with Gasteiger partial charge in [0.05, 0.1) is 34.4 Å². The fraction of sp³-hybridized carbons (Fsp3) is 0.176. The van der Waals surface area contributed by atoms with Gasteiger partial charge in [-0.1, -0.05) is 105 Å². The van der Waals surface area contributed by atoms with E-state index in [0.717, 1.165) is 59.0 Å². The monoisotopic (exact) mass is 690 g/mol. The van der Waals surface area contributed by atoms with E-state index in [2.05, 4.69) is 128 Å². The minimum atomic E-state index is -0.301. The molecular formula is C51H34N2O. The van der Waals surface area contributed by atoms with Crippen LogP contribution in [0.15, 0.2) is 109 Å². The van der Waals surface area contributed by atoms with Crippen molar-refractivity contribution in [2.75, 3.05) is 0 Å². The van der Waals surface area contributed by atoms with Gasteiger partial charge in [-0.3, -0.25) is 9.78 Å². The number of hydrogen-bond donors (Lipinski definition) is 0. The highest BCUT2D eigenvalue weighted by atomic mass is 16.1. The predicted octanol–water partition coefficient (Wildman–Crippen LogP) is 11.2. The summed E-state index contributed by atoms with van der Waals surface area (Å²) in [6.07, 6.45) is 6.32. The van der Waals surface area contributed by atoms with Crippen LogP contribution >= 0.6 is 0 Å². The van der Waals surface area contributed by atoms with E-state index < -0.39 is 0 Å². The van der Waals surface area contributed by atoms with Crippen LogP contribution in [0.2, 0.25) is 0 Å². The number of nitrogens with zero attached hydrogens (tertiary/aromatic N) is 2. The Labute approximate surface area is 312 Å². The molecule has 6 aliphatic rings. The number of benzene rings is 6. The maximum absolute atomic E-state index is 15.2. The van der Waals surface area contributed by atoms with Gasteiger partial charge in [0.2, 0.25) is 0 Å². The van der Waals surface area contributed by atoms with Gasteiger partial charge in [0, 0.05) is 44.0 Å². The number of pyridine rings is 1. The van der Waals surface area contributed by atoms with Gasteiger partial charge in [-0.15, -0.1) is 0 Å². The molecule has 0 aliphatic heterocycles. The lowest BCUT2D eigenvalue weighted by Gasteiger charge is -2.31. The average Bonchev–Trinajstić information content (AvgIpc) is 3.75. The molecule has 3 aromatic heterocycles. The molecule has 254 valence electrons. The molecule has 54 heavy (non-hydrogen) atoms. The summed E-state index contributed by atoms with van der Waals surface area (Å²) in [5.41, 5.74) is 24.4. The maximum Gasteiger partial charge on any atom is 0.175 e. The van der Waals surface area contributed by atoms with E-state index in [4.69, 9.17) is 4.98 Å². The highest BCUT2D eigenvalue weighted by molar-refractivity contribution is 6.30. The van der Waals surface area contributed by atoms with Crippen LogP contribution in [0.5, 0.6) is 0 Å². The van der Waals surface area contributed by atoms with Crippen LogP contribution < -0.4 is 0 Å². The molecule has 2 bridgehead atoms. The van der Waals surface area contributed by atoms with Crippen molar-refractivity contribution in [3.05, 3.63) is 176 Å². The van der Waals surface area contributed by atoms with E-state index in [1.54, 1.807) is 0 Å². The highest BCUT2D eigenvalue weighted by Crippen LogP contribution is 2.58. The molecule has 0 atom stereocenters. The number of aromatic nitrogens is 2. The number of fused-ring (bicyclic) bond motifs is 12. The largest absolute Gasteiger partial charge is 0.306 e. The Balaban J connectivity index is 1.21. The van der Waals surface area contributed by atoms with Crippen molar-refractivity contribution >= 4 is 43.9 Å². The van der Waals surface area contributed by atoms with Gasteiger partial charge in [0.25, 0.3) is 0 Å². The number of carbonyl (C=O) groups excluding carboxylic acids is 1. The molecule has 15 rings (SSSR count). The first-order valence-corrected chi connectivity index (χ1v) is 19.7. The summed E-state index contributed by atoms with van der Waals surface area (Å²) in [6.45, 7) is 4.67. The molecule has 9 aromatic rings. The second kappa shape index (κ2) is 9.17. The Hall–Kier alpha value is -6.06. The summed E-state index contributed by atoms with van der Waals surface area (Å²) in [7, 11) is 0. The fourth-order valence-corrected chi connectivity index (χ4v) is 12.4. The van der Waals surface area contributed by atoms with Crippen molar-refractivity contribution in [1.82, 2.24) is 9.38 Å². The Morgan fingerprint density at radius 1 is 0.593 bits per heavy atom. The molecule has 6 aromatic carbocycles. The molecule has 0 fully saturated rings. The first-order chi connectivity index (χ1) is 26.5. The Morgan fingerprint density at radius 2 is 1.24 bits per heavy atom. The predicted molar refractivity (Wildman–Crippen MR) is 217 cm³/mol. The van der Waals surface area contributed by atoms with Crippen molar-refractivity contribution in [3.63, 3.8) is 0 Å². The number of hydrogen-bond acceptors (Lipinski definition) is 2. The van der Waals surface area contributed by atoms with Crippen LogP contribution in [0, 0.1) is 0 Å². The van der Waals surface area contributed by atoms with Crippen LogP contribution in [-0.2, 0) is 31.1 Å². The van der Waals surface area contributed by atoms with Gasteiger partial charge in [-0.2, -0.15) is 0 Å². The normalized spacial score (nSPS) is 19.2. The average molecular weight is 691 g/mol. The van der Waals surface area contributed by atoms with Crippen molar-refractivity contribution < 1.29 is 4.79 Å². The lowest BCUT2D eigenvalue weighted by molar-refractivity contribution is 0.0974. The molecule has 3 heterocycles. The molecule has 0 N–H and O–H groups in total. The van der Waals surface area contributed by atoms with Gasteiger partial charge in [0.15, 0.2) is 5.78 Å². The van der Waals surface area contributed by atoms with Crippen LogP contribution in [0.1, 0.15) is 97.4 Å². The molecule has 6 aliphatic carbocycles. The summed E-state index contributed by atoms with van der Waals surface area (Å²) >= 11 is 0. The zero-order chi connectivity index (χ0) is 35.4. The number of ketones is 1. The number of aryl methyl sites for hydroxylation is 4. The molecule has 3 heteroatoms. The number of rotatable bonds is 0. The zero-order valence-corrected chi connectivity index (χ0v) is 30.2. The van der Waals surface area contributed by atoms with E-state index in [1.807, 2.05) is 0 Å². The van der Waals surface area contributed by atoms with Gasteiger partial charge >= 0.3 is 0 Å². The third kappa shape index (κ3) is 3.00. The van der Waals surface area contributed by atoms with Gasteiger partial charge in [0.1, 0.15) is 0 Å². The zero-order valence-electron chi connectivity index (χ0n) is 30.2. The summed E-state index contributed by atoms with van der Waals surface area (Å²) in [4.78, 5) is 20.5.